The summed E-state index contributed by atoms with van der Waals surface area (Å²) in [7, 11) is 0. The predicted octanol–water partition coefficient (Wildman–Crippen LogP) is 4.54. The van der Waals surface area contributed by atoms with Crippen LogP contribution in [0.15, 0.2) is 39.6 Å². The molecule has 1 heterocycles. The van der Waals surface area contributed by atoms with E-state index in [0.717, 1.165) is 26.8 Å². The number of rotatable bonds is 3. The molecule has 7 heteroatoms. The number of nitrogens with one attached hydrogen (secondary N) is 3. The van der Waals surface area contributed by atoms with Crippen LogP contribution in [0.5, 0.6) is 0 Å². The average molecular weight is 387 g/mol. The lowest BCUT2D eigenvalue weighted by Gasteiger charge is -2.10. The van der Waals surface area contributed by atoms with Gasteiger partial charge in [0, 0.05) is 11.0 Å². The number of fused-ring (bicyclic) bond motifs is 1. The van der Waals surface area contributed by atoms with E-state index in [2.05, 4.69) is 31.2 Å². The van der Waals surface area contributed by atoms with E-state index < -0.39 is 0 Å². The van der Waals surface area contributed by atoms with Crippen molar-refractivity contribution in [2.24, 2.45) is 0 Å². The lowest BCUT2D eigenvalue weighted by Crippen LogP contribution is -2.01. The standard InChI is InChI=1S/C14H10BrCl2N3O/c15-8-4-11-12(20-14(21)19-11)5-10(8)18-6-7-2-1-3-9(16)13(7)17/h1-5,18H,6H2,(H2,19,20,21). The normalized spacial score (nSPS) is 11.0. The molecule has 0 aliphatic rings. The van der Waals surface area contributed by atoms with Crippen LogP contribution in [0, 0.1) is 0 Å². The molecule has 0 fully saturated rings. The molecule has 0 aliphatic carbocycles. The van der Waals surface area contributed by atoms with Crippen molar-refractivity contribution in [3.63, 3.8) is 0 Å². The number of hydrogen-bond acceptors (Lipinski definition) is 2. The Hall–Kier alpha value is -1.43. The van der Waals surface area contributed by atoms with Crippen LogP contribution in [0.25, 0.3) is 11.0 Å². The maximum absolute atomic E-state index is 11.3. The van der Waals surface area contributed by atoms with E-state index in [1.807, 2.05) is 24.3 Å². The van der Waals surface area contributed by atoms with Crippen LogP contribution in [0.4, 0.5) is 5.69 Å². The first-order valence-electron chi connectivity index (χ1n) is 6.13. The molecule has 0 atom stereocenters. The minimum atomic E-state index is -0.230. The van der Waals surface area contributed by atoms with Crippen molar-refractivity contribution in [1.82, 2.24) is 9.97 Å². The van der Waals surface area contributed by atoms with E-state index >= 15 is 0 Å². The van der Waals surface area contributed by atoms with Crippen LogP contribution in [-0.4, -0.2) is 9.97 Å². The topological polar surface area (TPSA) is 60.7 Å². The molecule has 3 rings (SSSR count). The van der Waals surface area contributed by atoms with Crippen molar-refractivity contribution in [2.45, 2.75) is 6.54 Å². The molecule has 3 N–H and O–H groups in total. The fraction of sp³-hybridized carbons (Fsp3) is 0.0714. The Kier molecular flexibility index (Phi) is 3.97. The molecule has 4 nitrogen and oxygen atoms in total. The molecular formula is C14H10BrCl2N3O. The third-order valence-corrected chi connectivity index (χ3v) is 4.62. The lowest BCUT2D eigenvalue weighted by atomic mass is 10.2. The van der Waals surface area contributed by atoms with Crippen molar-refractivity contribution < 1.29 is 0 Å². The molecule has 0 bridgehead atoms. The molecule has 2 aromatic carbocycles. The number of aromatic nitrogens is 2. The minimum absolute atomic E-state index is 0.230. The second-order valence-corrected chi connectivity index (χ2v) is 6.16. The van der Waals surface area contributed by atoms with Gasteiger partial charge in [0.15, 0.2) is 0 Å². The van der Waals surface area contributed by atoms with Gasteiger partial charge >= 0.3 is 5.69 Å². The second kappa shape index (κ2) is 5.75. The highest BCUT2D eigenvalue weighted by molar-refractivity contribution is 9.10. The number of halogens is 3. The number of anilines is 1. The molecule has 0 aliphatic heterocycles. The third kappa shape index (κ3) is 2.95. The molecule has 0 saturated carbocycles. The highest BCUT2D eigenvalue weighted by Crippen LogP contribution is 2.29. The van der Waals surface area contributed by atoms with Gasteiger partial charge in [0.1, 0.15) is 0 Å². The molecule has 0 amide bonds. The van der Waals surface area contributed by atoms with Gasteiger partial charge in [0.2, 0.25) is 0 Å². The predicted molar refractivity (Wildman–Crippen MR) is 90.4 cm³/mol. The van der Waals surface area contributed by atoms with Gasteiger partial charge in [0.05, 0.1) is 26.8 Å². The Morgan fingerprint density at radius 1 is 1.14 bits per heavy atom. The maximum atomic E-state index is 11.3. The van der Waals surface area contributed by atoms with Crippen molar-refractivity contribution >= 4 is 55.9 Å². The third-order valence-electron chi connectivity index (χ3n) is 3.10. The molecule has 0 unspecified atom stereocenters. The Morgan fingerprint density at radius 2 is 1.86 bits per heavy atom. The van der Waals surface area contributed by atoms with Gasteiger partial charge in [-0.15, -0.1) is 0 Å². The zero-order valence-electron chi connectivity index (χ0n) is 10.6. The summed E-state index contributed by atoms with van der Waals surface area (Å²) >= 11 is 15.6. The van der Waals surface area contributed by atoms with E-state index in [1.54, 1.807) is 6.07 Å². The molecule has 108 valence electrons. The quantitative estimate of drug-likeness (QED) is 0.618. The van der Waals surface area contributed by atoms with Crippen LogP contribution in [0.3, 0.4) is 0 Å². The Morgan fingerprint density at radius 3 is 2.62 bits per heavy atom. The molecule has 21 heavy (non-hydrogen) atoms. The summed E-state index contributed by atoms with van der Waals surface area (Å²) < 4.78 is 0.850. The van der Waals surface area contributed by atoms with Gasteiger partial charge in [-0.25, -0.2) is 4.79 Å². The highest BCUT2D eigenvalue weighted by Gasteiger charge is 2.08. The molecular weight excluding hydrogens is 377 g/mol. The van der Waals surface area contributed by atoms with Gasteiger partial charge in [0.25, 0.3) is 0 Å². The SMILES string of the molecule is O=c1[nH]c2cc(Br)c(NCc3cccc(Cl)c3Cl)cc2[nH]1. The van der Waals surface area contributed by atoms with Gasteiger partial charge in [-0.1, -0.05) is 35.3 Å². The van der Waals surface area contributed by atoms with Crippen LogP contribution in [0.1, 0.15) is 5.56 Å². The summed E-state index contributed by atoms with van der Waals surface area (Å²) in [4.78, 5) is 16.7. The zero-order valence-corrected chi connectivity index (χ0v) is 13.7. The monoisotopic (exact) mass is 385 g/mol. The van der Waals surface area contributed by atoms with E-state index in [1.165, 1.54) is 0 Å². The van der Waals surface area contributed by atoms with Crippen molar-refractivity contribution in [1.29, 1.82) is 0 Å². The molecule has 0 saturated heterocycles. The Balaban J connectivity index is 1.89. The molecule has 0 spiro atoms. The van der Waals surface area contributed by atoms with Gasteiger partial charge in [-0.05, 0) is 39.7 Å². The van der Waals surface area contributed by atoms with Crippen LogP contribution < -0.4 is 11.0 Å². The van der Waals surface area contributed by atoms with Crippen molar-refractivity contribution in [3.05, 3.63) is 60.9 Å². The second-order valence-electron chi connectivity index (χ2n) is 4.52. The lowest BCUT2D eigenvalue weighted by molar-refractivity contribution is 1.15. The van der Waals surface area contributed by atoms with Crippen LogP contribution in [-0.2, 0) is 6.54 Å². The van der Waals surface area contributed by atoms with Gasteiger partial charge in [-0.2, -0.15) is 0 Å². The summed E-state index contributed by atoms with van der Waals surface area (Å²) in [6, 6.07) is 9.21. The van der Waals surface area contributed by atoms with E-state index in [9.17, 15) is 4.79 Å². The van der Waals surface area contributed by atoms with E-state index in [4.69, 9.17) is 23.2 Å². The summed E-state index contributed by atoms with van der Waals surface area (Å²) in [5, 5.41) is 4.34. The largest absolute Gasteiger partial charge is 0.380 e. The number of benzene rings is 2. The maximum Gasteiger partial charge on any atom is 0.323 e. The first-order chi connectivity index (χ1) is 10.0. The van der Waals surface area contributed by atoms with Crippen LogP contribution in [0.2, 0.25) is 10.0 Å². The van der Waals surface area contributed by atoms with E-state index in [0.29, 0.717) is 16.6 Å². The molecule has 3 aromatic rings. The number of imidazole rings is 1. The number of H-pyrrole nitrogens is 2. The fourth-order valence-corrected chi connectivity index (χ4v) is 2.94. The summed E-state index contributed by atoms with van der Waals surface area (Å²) in [6.07, 6.45) is 0. The fourth-order valence-electron chi connectivity index (χ4n) is 2.07. The number of aromatic amines is 2. The van der Waals surface area contributed by atoms with Crippen LogP contribution >= 0.6 is 39.1 Å². The highest BCUT2D eigenvalue weighted by atomic mass is 79.9. The number of hydrogen-bond donors (Lipinski definition) is 3. The van der Waals surface area contributed by atoms with E-state index in [-0.39, 0.29) is 5.69 Å². The Labute approximate surface area is 138 Å². The van der Waals surface area contributed by atoms with Crippen molar-refractivity contribution in [2.75, 3.05) is 5.32 Å². The molecule has 0 radical (unpaired) electrons. The first kappa shape index (κ1) is 14.5. The summed E-state index contributed by atoms with van der Waals surface area (Å²) in [5.74, 6) is 0. The zero-order chi connectivity index (χ0) is 15.0. The Bertz CT molecular complexity index is 872. The van der Waals surface area contributed by atoms with Crippen molar-refractivity contribution in [3.8, 4) is 0 Å². The summed E-state index contributed by atoms with van der Waals surface area (Å²) in [5.41, 5.74) is 3.01. The van der Waals surface area contributed by atoms with Gasteiger partial charge in [-0.3, -0.25) is 0 Å². The minimum Gasteiger partial charge on any atom is -0.380 e. The van der Waals surface area contributed by atoms with Gasteiger partial charge < -0.3 is 15.3 Å². The smallest absolute Gasteiger partial charge is 0.323 e. The summed E-state index contributed by atoms with van der Waals surface area (Å²) in [6.45, 7) is 0.526. The first-order valence-corrected chi connectivity index (χ1v) is 7.68. The molecule has 1 aromatic heterocycles. The average Bonchev–Trinajstić information content (AvgIpc) is 2.79.